The standard InChI is InChI=1S/C21H17F2N5O3/c1-31-20-16(22)4-11(8-27-20)7-24-17-3-2-12(18(23)28-17)5-13-9-25-19-15(13)6-14(10-26-19)21(29)30/h2-4,6,8-10H,5,7H2,1H3,(H,24,28)(H,25,26)(H,29,30). The maximum atomic E-state index is 14.6. The van der Waals surface area contributed by atoms with E-state index in [0.717, 1.165) is 0 Å². The van der Waals surface area contributed by atoms with Crippen molar-refractivity contribution in [3.8, 4) is 5.88 Å². The fourth-order valence-electron chi connectivity index (χ4n) is 3.12. The van der Waals surface area contributed by atoms with Crippen molar-refractivity contribution < 1.29 is 23.4 Å². The summed E-state index contributed by atoms with van der Waals surface area (Å²) in [7, 11) is 1.33. The van der Waals surface area contributed by atoms with E-state index in [1.165, 1.54) is 31.6 Å². The third-order valence-corrected chi connectivity index (χ3v) is 4.70. The van der Waals surface area contributed by atoms with Gasteiger partial charge in [-0.3, -0.25) is 0 Å². The van der Waals surface area contributed by atoms with Crippen molar-refractivity contribution in [3.05, 3.63) is 76.9 Å². The smallest absolute Gasteiger partial charge is 0.337 e. The van der Waals surface area contributed by atoms with Crippen LogP contribution in [0.3, 0.4) is 0 Å². The minimum Gasteiger partial charge on any atom is -0.479 e. The SMILES string of the molecule is COc1ncc(CNc2ccc(Cc3c[nH]c4ncc(C(=O)O)cc34)c(F)n2)cc1F. The van der Waals surface area contributed by atoms with Crippen LogP contribution in [0.5, 0.6) is 5.88 Å². The highest BCUT2D eigenvalue weighted by molar-refractivity contribution is 5.92. The summed E-state index contributed by atoms with van der Waals surface area (Å²) in [5.41, 5.74) is 2.16. The summed E-state index contributed by atoms with van der Waals surface area (Å²) in [4.78, 5) is 26.0. The number of H-pyrrole nitrogens is 1. The molecule has 4 aromatic rings. The number of nitrogens with zero attached hydrogens (tertiary/aromatic N) is 3. The zero-order valence-corrected chi connectivity index (χ0v) is 16.3. The fourth-order valence-corrected chi connectivity index (χ4v) is 3.12. The number of nitrogens with one attached hydrogen (secondary N) is 2. The number of methoxy groups -OCH3 is 1. The zero-order valence-electron chi connectivity index (χ0n) is 16.3. The number of carboxylic acid groups (broad SMARTS) is 1. The van der Waals surface area contributed by atoms with Crippen molar-refractivity contribution in [2.45, 2.75) is 13.0 Å². The molecule has 0 fully saturated rings. The molecule has 0 aromatic carbocycles. The van der Waals surface area contributed by atoms with Gasteiger partial charge in [-0.2, -0.15) is 4.39 Å². The van der Waals surface area contributed by atoms with Crippen LogP contribution < -0.4 is 10.1 Å². The van der Waals surface area contributed by atoms with Gasteiger partial charge in [0.2, 0.25) is 11.8 Å². The van der Waals surface area contributed by atoms with Gasteiger partial charge in [-0.15, -0.1) is 0 Å². The molecule has 4 aromatic heterocycles. The van der Waals surface area contributed by atoms with E-state index in [4.69, 9.17) is 9.84 Å². The summed E-state index contributed by atoms with van der Waals surface area (Å²) in [6.45, 7) is 0.200. The summed E-state index contributed by atoms with van der Waals surface area (Å²) < 4.78 is 33.1. The lowest BCUT2D eigenvalue weighted by Crippen LogP contribution is -2.05. The predicted octanol–water partition coefficient (Wildman–Crippen LogP) is 3.54. The molecule has 4 rings (SSSR count). The van der Waals surface area contributed by atoms with Crippen LogP contribution in [-0.4, -0.2) is 38.1 Å². The van der Waals surface area contributed by atoms with Crippen LogP contribution in [0.2, 0.25) is 0 Å². The van der Waals surface area contributed by atoms with Gasteiger partial charge in [-0.1, -0.05) is 6.07 Å². The molecule has 158 valence electrons. The number of rotatable bonds is 7. The number of hydrogen-bond donors (Lipinski definition) is 3. The van der Waals surface area contributed by atoms with Crippen molar-refractivity contribution in [2.75, 3.05) is 12.4 Å². The summed E-state index contributed by atoms with van der Waals surface area (Å²) in [6.07, 6.45) is 4.59. The van der Waals surface area contributed by atoms with Gasteiger partial charge in [0.15, 0.2) is 5.82 Å². The molecular formula is C21H17F2N5O3. The van der Waals surface area contributed by atoms with Crippen LogP contribution in [0.4, 0.5) is 14.6 Å². The highest BCUT2D eigenvalue weighted by Gasteiger charge is 2.13. The molecule has 8 nitrogen and oxygen atoms in total. The van der Waals surface area contributed by atoms with Crippen molar-refractivity contribution in [2.24, 2.45) is 0 Å². The van der Waals surface area contributed by atoms with E-state index >= 15 is 0 Å². The van der Waals surface area contributed by atoms with Gasteiger partial charge in [0, 0.05) is 42.5 Å². The van der Waals surface area contributed by atoms with Crippen LogP contribution in [0, 0.1) is 11.8 Å². The minimum absolute atomic E-state index is 0.0518. The molecule has 10 heteroatoms. The van der Waals surface area contributed by atoms with E-state index in [9.17, 15) is 13.6 Å². The molecule has 0 radical (unpaired) electrons. The second-order valence-corrected chi connectivity index (χ2v) is 6.75. The van der Waals surface area contributed by atoms with Gasteiger partial charge in [-0.25, -0.2) is 24.1 Å². The van der Waals surface area contributed by atoms with Gasteiger partial charge < -0.3 is 20.1 Å². The number of aromatic amines is 1. The summed E-state index contributed by atoms with van der Waals surface area (Å²) in [5.74, 6) is -2.15. The molecule has 0 unspecified atom stereocenters. The first-order valence-electron chi connectivity index (χ1n) is 9.21. The number of halogens is 2. The Balaban J connectivity index is 1.49. The third-order valence-electron chi connectivity index (χ3n) is 4.70. The fraction of sp³-hybridized carbons (Fsp3) is 0.143. The largest absolute Gasteiger partial charge is 0.479 e. The number of anilines is 1. The van der Waals surface area contributed by atoms with Crippen LogP contribution in [0.25, 0.3) is 11.0 Å². The number of hydrogen-bond acceptors (Lipinski definition) is 6. The summed E-state index contributed by atoms with van der Waals surface area (Å²) in [5, 5.41) is 12.7. The lowest BCUT2D eigenvalue weighted by Gasteiger charge is -2.09. The van der Waals surface area contributed by atoms with Crippen molar-refractivity contribution >= 4 is 22.8 Å². The Morgan fingerprint density at radius 1 is 1.19 bits per heavy atom. The van der Waals surface area contributed by atoms with E-state index in [0.29, 0.717) is 27.7 Å². The highest BCUT2D eigenvalue weighted by Crippen LogP contribution is 2.23. The quantitative estimate of drug-likeness (QED) is 0.388. The van der Waals surface area contributed by atoms with Gasteiger partial charge in [0.25, 0.3) is 0 Å². The third kappa shape index (κ3) is 4.27. The zero-order chi connectivity index (χ0) is 22.0. The topological polar surface area (TPSA) is 113 Å². The molecule has 4 heterocycles. The molecule has 3 N–H and O–H groups in total. The molecule has 0 spiro atoms. The number of aromatic nitrogens is 4. The van der Waals surface area contributed by atoms with Gasteiger partial charge in [-0.05, 0) is 29.3 Å². The average molecular weight is 425 g/mol. The minimum atomic E-state index is -1.09. The molecule has 0 saturated carbocycles. The maximum absolute atomic E-state index is 14.6. The average Bonchev–Trinajstić information content (AvgIpc) is 3.16. The lowest BCUT2D eigenvalue weighted by molar-refractivity contribution is 0.0696. The molecule has 0 aliphatic heterocycles. The molecule has 0 bridgehead atoms. The maximum Gasteiger partial charge on any atom is 0.337 e. The Morgan fingerprint density at radius 3 is 2.74 bits per heavy atom. The Kier molecular flexibility index (Phi) is 5.44. The number of aromatic carboxylic acids is 1. The Hall–Kier alpha value is -4.08. The normalized spacial score (nSPS) is 10.9. The Bertz CT molecular complexity index is 1280. The lowest BCUT2D eigenvalue weighted by atomic mass is 10.1. The van der Waals surface area contributed by atoms with E-state index in [2.05, 4.69) is 25.3 Å². The first-order valence-corrected chi connectivity index (χ1v) is 9.21. The number of carboxylic acids is 1. The van der Waals surface area contributed by atoms with E-state index < -0.39 is 17.7 Å². The molecule has 0 aliphatic carbocycles. The molecule has 0 saturated heterocycles. The molecular weight excluding hydrogens is 408 g/mol. The number of carbonyl (C=O) groups is 1. The number of ether oxygens (including phenoxy) is 1. The van der Waals surface area contributed by atoms with Crippen LogP contribution in [-0.2, 0) is 13.0 Å². The van der Waals surface area contributed by atoms with Crippen LogP contribution in [0.1, 0.15) is 27.0 Å². The Labute approximate surface area is 175 Å². The first kappa shape index (κ1) is 20.2. The number of fused-ring (bicyclic) bond motifs is 1. The van der Waals surface area contributed by atoms with Crippen molar-refractivity contribution in [1.29, 1.82) is 0 Å². The second-order valence-electron chi connectivity index (χ2n) is 6.75. The van der Waals surface area contributed by atoms with E-state index in [1.807, 2.05) is 0 Å². The van der Waals surface area contributed by atoms with Crippen LogP contribution in [0.15, 0.2) is 42.9 Å². The van der Waals surface area contributed by atoms with E-state index in [-0.39, 0.29) is 30.2 Å². The van der Waals surface area contributed by atoms with Crippen molar-refractivity contribution in [3.63, 3.8) is 0 Å². The molecule has 0 amide bonds. The van der Waals surface area contributed by atoms with Gasteiger partial charge in [0.1, 0.15) is 11.5 Å². The van der Waals surface area contributed by atoms with Crippen LogP contribution >= 0.6 is 0 Å². The molecule has 0 aliphatic rings. The second kappa shape index (κ2) is 8.34. The first-order chi connectivity index (χ1) is 14.9. The van der Waals surface area contributed by atoms with E-state index in [1.54, 1.807) is 18.3 Å². The monoisotopic (exact) mass is 425 g/mol. The highest BCUT2D eigenvalue weighted by atomic mass is 19.1. The summed E-state index contributed by atoms with van der Waals surface area (Å²) >= 11 is 0. The predicted molar refractivity (Wildman–Crippen MR) is 108 cm³/mol. The molecule has 31 heavy (non-hydrogen) atoms. The Morgan fingerprint density at radius 2 is 2.03 bits per heavy atom. The summed E-state index contributed by atoms with van der Waals surface area (Å²) in [6, 6.07) is 5.98. The number of pyridine rings is 3. The van der Waals surface area contributed by atoms with Gasteiger partial charge >= 0.3 is 5.97 Å². The van der Waals surface area contributed by atoms with Gasteiger partial charge in [0.05, 0.1) is 12.7 Å². The molecule has 0 atom stereocenters. The van der Waals surface area contributed by atoms with Crippen molar-refractivity contribution in [1.82, 2.24) is 19.9 Å².